The van der Waals surface area contributed by atoms with Crippen molar-refractivity contribution in [3.63, 3.8) is 0 Å². The van der Waals surface area contributed by atoms with E-state index in [1.54, 1.807) is 13.1 Å². The van der Waals surface area contributed by atoms with Crippen LogP contribution in [0.5, 0.6) is 0 Å². The molecule has 0 radical (unpaired) electrons. The van der Waals surface area contributed by atoms with Crippen molar-refractivity contribution in [2.24, 2.45) is 0 Å². The number of aromatic nitrogens is 2. The Morgan fingerprint density at radius 2 is 2.20 bits per heavy atom. The van der Waals surface area contributed by atoms with Gasteiger partial charge in [0.25, 0.3) is 0 Å². The Kier molecular flexibility index (Phi) is 4.04. The first-order valence-electron chi connectivity index (χ1n) is 6.96. The van der Waals surface area contributed by atoms with E-state index in [0.29, 0.717) is 0 Å². The molecular formula is C14H23N3O3. The van der Waals surface area contributed by atoms with Crippen molar-refractivity contribution in [2.75, 3.05) is 0 Å². The van der Waals surface area contributed by atoms with Crippen molar-refractivity contribution in [2.45, 2.75) is 64.3 Å². The lowest BCUT2D eigenvalue weighted by Crippen LogP contribution is -2.46. The van der Waals surface area contributed by atoms with Gasteiger partial charge >= 0.3 is 6.09 Å². The van der Waals surface area contributed by atoms with Gasteiger partial charge in [0.1, 0.15) is 5.60 Å². The van der Waals surface area contributed by atoms with Gasteiger partial charge in [-0.25, -0.2) is 4.79 Å². The first-order chi connectivity index (χ1) is 9.24. The molecule has 0 saturated heterocycles. The Hall–Kier alpha value is -1.56. The van der Waals surface area contributed by atoms with Crippen LogP contribution in [0.2, 0.25) is 0 Å². The molecule has 20 heavy (non-hydrogen) atoms. The minimum Gasteiger partial charge on any atom is -0.444 e. The third kappa shape index (κ3) is 3.72. The molecule has 1 heterocycles. The van der Waals surface area contributed by atoms with E-state index in [2.05, 4.69) is 10.4 Å². The van der Waals surface area contributed by atoms with Gasteiger partial charge in [-0.3, -0.25) is 4.68 Å². The number of rotatable bonds is 3. The van der Waals surface area contributed by atoms with Crippen LogP contribution in [0.3, 0.4) is 0 Å². The van der Waals surface area contributed by atoms with Crippen LogP contribution in [0.25, 0.3) is 0 Å². The second kappa shape index (κ2) is 5.44. The van der Waals surface area contributed by atoms with E-state index < -0.39 is 11.7 Å². The van der Waals surface area contributed by atoms with E-state index in [1.165, 1.54) is 0 Å². The third-order valence-corrected chi connectivity index (χ3v) is 3.31. The number of nitrogens with zero attached hydrogens (tertiary/aromatic N) is 2. The van der Waals surface area contributed by atoms with Crippen molar-refractivity contribution < 1.29 is 14.6 Å². The Morgan fingerprint density at radius 1 is 1.55 bits per heavy atom. The normalized spacial score (nSPS) is 23.9. The Bertz CT molecular complexity index is 470. The predicted molar refractivity (Wildman–Crippen MR) is 74.3 cm³/mol. The van der Waals surface area contributed by atoms with Crippen LogP contribution in [0.15, 0.2) is 12.4 Å². The molecule has 1 aliphatic rings. The fraction of sp³-hybridized carbons (Fsp3) is 0.714. The van der Waals surface area contributed by atoms with E-state index in [0.717, 1.165) is 18.4 Å². The number of carbonyl (C=O) groups excluding carboxylic acids is 1. The van der Waals surface area contributed by atoms with Gasteiger partial charge in [-0.2, -0.15) is 5.10 Å². The summed E-state index contributed by atoms with van der Waals surface area (Å²) in [5.41, 5.74) is 0.343. The second-order valence-electron chi connectivity index (χ2n) is 6.40. The van der Waals surface area contributed by atoms with Crippen LogP contribution in [-0.4, -0.2) is 32.6 Å². The molecule has 1 saturated carbocycles. The highest BCUT2D eigenvalue weighted by Gasteiger charge is 2.33. The molecule has 1 aromatic heterocycles. The summed E-state index contributed by atoms with van der Waals surface area (Å²) in [6, 6.07) is 0.413. The summed E-state index contributed by atoms with van der Waals surface area (Å²) in [6.07, 6.45) is 4.34. The lowest BCUT2D eigenvalue weighted by atomic mass is 9.87. The predicted octanol–water partition coefficient (Wildman–Crippen LogP) is 2.16. The monoisotopic (exact) mass is 281 g/mol. The number of aliphatic hydroxyl groups excluding tert-OH is 1. The molecule has 0 aromatic carbocycles. The maximum atomic E-state index is 11.6. The molecule has 0 spiro atoms. The Balaban J connectivity index is 1.78. The van der Waals surface area contributed by atoms with E-state index in [9.17, 15) is 9.90 Å². The van der Waals surface area contributed by atoms with E-state index in [4.69, 9.17) is 4.74 Å². The van der Waals surface area contributed by atoms with Crippen molar-refractivity contribution >= 4 is 6.09 Å². The highest BCUT2D eigenvalue weighted by atomic mass is 16.6. The molecule has 1 fully saturated rings. The lowest BCUT2D eigenvalue weighted by molar-refractivity contribution is 0.0452. The summed E-state index contributed by atoms with van der Waals surface area (Å²) in [5.74, 6) is 0. The van der Waals surface area contributed by atoms with Crippen LogP contribution in [0.4, 0.5) is 4.79 Å². The zero-order chi connectivity index (χ0) is 14.9. The average Bonchev–Trinajstić information content (AvgIpc) is 2.68. The highest BCUT2D eigenvalue weighted by Crippen LogP contribution is 2.32. The Labute approximate surface area is 119 Å². The van der Waals surface area contributed by atoms with Gasteiger partial charge in [0.05, 0.1) is 18.3 Å². The summed E-state index contributed by atoms with van der Waals surface area (Å²) in [5, 5.41) is 16.6. The molecule has 0 aliphatic heterocycles. The molecule has 1 atom stereocenters. The maximum Gasteiger partial charge on any atom is 0.407 e. The molecule has 2 N–H and O–H groups in total. The first-order valence-corrected chi connectivity index (χ1v) is 6.96. The molecule has 6 heteroatoms. The minimum atomic E-state index is -0.500. The molecule has 112 valence electrons. The molecule has 6 nitrogen and oxygen atoms in total. The van der Waals surface area contributed by atoms with Gasteiger partial charge in [-0.1, -0.05) is 0 Å². The second-order valence-corrected chi connectivity index (χ2v) is 6.40. The lowest BCUT2D eigenvalue weighted by Gasteiger charge is -2.36. The standard InChI is InChI=1S/C14H23N3O3/c1-9(18)10-7-15-17(8-10)12-5-11(6-12)16-13(19)20-14(2,3)4/h7-9,11-12,18H,5-6H2,1-4H3,(H,16,19)/t9?,11-,12-. The van der Waals surface area contributed by atoms with E-state index in [1.807, 2.05) is 31.6 Å². The summed E-state index contributed by atoms with van der Waals surface area (Å²) >= 11 is 0. The molecule has 1 aromatic rings. The Morgan fingerprint density at radius 3 is 2.70 bits per heavy atom. The quantitative estimate of drug-likeness (QED) is 0.890. The van der Waals surface area contributed by atoms with Crippen molar-refractivity contribution in [1.82, 2.24) is 15.1 Å². The van der Waals surface area contributed by atoms with Gasteiger partial charge in [0.2, 0.25) is 0 Å². The van der Waals surface area contributed by atoms with Gasteiger partial charge < -0.3 is 15.2 Å². The third-order valence-electron chi connectivity index (χ3n) is 3.31. The van der Waals surface area contributed by atoms with Gasteiger partial charge in [-0.15, -0.1) is 0 Å². The molecule has 1 amide bonds. The number of carbonyl (C=O) groups is 1. The van der Waals surface area contributed by atoms with Crippen LogP contribution < -0.4 is 5.32 Å². The molecule has 1 unspecified atom stereocenters. The summed E-state index contributed by atoms with van der Waals surface area (Å²) < 4.78 is 7.07. The number of hydrogen-bond acceptors (Lipinski definition) is 4. The van der Waals surface area contributed by atoms with Crippen molar-refractivity contribution in [3.8, 4) is 0 Å². The fourth-order valence-corrected chi connectivity index (χ4v) is 2.16. The van der Waals surface area contributed by atoms with Crippen molar-refractivity contribution in [1.29, 1.82) is 0 Å². The molecule has 2 rings (SSSR count). The van der Waals surface area contributed by atoms with Crippen molar-refractivity contribution in [3.05, 3.63) is 18.0 Å². The highest BCUT2D eigenvalue weighted by molar-refractivity contribution is 5.68. The largest absolute Gasteiger partial charge is 0.444 e. The number of aliphatic hydroxyl groups is 1. The number of amides is 1. The smallest absolute Gasteiger partial charge is 0.407 e. The molecule has 0 bridgehead atoms. The zero-order valence-corrected chi connectivity index (χ0v) is 12.5. The molecular weight excluding hydrogens is 258 g/mol. The SMILES string of the molecule is CC(O)c1cnn([C@H]2C[C@H](NC(=O)OC(C)(C)C)C2)c1. The number of hydrogen-bond donors (Lipinski definition) is 2. The van der Waals surface area contributed by atoms with Gasteiger partial charge in [0.15, 0.2) is 0 Å². The first kappa shape index (κ1) is 14.8. The maximum absolute atomic E-state index is 11.6. The topological polar surface area (TPSA) is 76.4 Å². The number of ether oxygens (including phenoxy) is 1. The van der Waals surface area contributed by atoms with Gasteiger partial charge in [0, 0.05) is 17.8 Å². The number of nitrogens with one attached hydrogen (secondary N) is 1. The van der Waals surface area contributed by atoms with E-state index >= 15 is 0 Å². The minimum absolute atomic E-state index is 0.133. The summed E-state index contributed by atoms with van der Waals surface area (Å²) in [4.78, 5) is 11.6. The average molecular weight is 281 g/mol. The van der Waals surface area contributed by atoms with Crippen LogP contribution in [0, 0.1) is 0 Å². The van der Waals surface area contributed by atoms with E-state index in [-0.39, 0.29) is 18.2 Å². The zero-order valence-electron chi connectivity index (χ0n) is 12.5. The summed E-state index contributed by atoms with van der Waals surface area (Å²) in [6.45, 7) is 7.25. The van der Waals surface area contributed by atoms with Crippen LogP contribution in [-0.2, 0) is 4.74 Å². The van der Waals surface area contributed by atoms with Gasteiger partial charge in [-0.05, 0) is 40.5 Å². The fourth-order valence-electron chi connectivity index (χ4n) is 2.16. The van der Waals surface area contributed by atoms with Crippen LogP contribution in [0.1, 0.15) is 58.2 Å². The molecule has 1 aliphatic carbocycles. The number of alkyl carbamates (subject to hydrolysis) is 1. The summed E-state index contributed by atoms with van der Waals surface area (Å²) in [7, 11) is 0. The van der Waals surface area contributed by atoms with Crippen LogP contribution >= 0.6 is 0 Å².